The summed E-state index contributed by atoms with van der Waals surface area (Å²) in [5.41, 5.74) is 8.19. The quantitative estimate of drug-likeness (QED) is 0.393. The summed E-state index contributed by atoms with van der Waals surface area (Å²) >= 11 is 0. The molecule has 0 fully saturated rings. The van der Waals surface area contributed by atoms with Crippen LogP contribution in [0.25, 0.3) is 10.4 Å². The van der Waals surface area contributed by atoms with Crippen molar-refractivity contribution in [1.82, 2.24) is 0 Å². The standard InChI is InChI=1S/C8H7F2N3/c9-7-1-2-8(10)6(5-7)3-4-12-13-11/h1-2,5H,3-4H2. The molecule has 1 aromatic carbocycles. The molecule has 0 aliphatic carbocycles. The van der Waals surface area contributed by atoms with Crippen LogP contribution in [0.2, 0.25) is 0 Å². The third-order valence-electron chi connectivity index (χ3n) is 1.55. The Morgan fingerprint density at radius 2 is 2.15 bits per heavy atom. The summed E-state index contributed by atoms with van der Waals surface area (Å²) in [6.07, 6.45) is 0.216. The summed E-state index contributed by atoms with van der Waals surface area (Å²) in [5, 5.41) is 3.23. The fourth-order valence-corrected chi connectivity index (χ4v) is 0.950. The van der Waals surface area contributed by atoms with E-state index in [2.05, 4.69) is 10.0 Å². The maximum Gasteiger partial charge on any atom is 0.126 e. The monoisotopic (exact) mass is 183 g/mol. The van der Waals surface area contributed by atoms with Crippen LogP contribution < -0.4 is 0 Å². The van der Waals surface area contributed by atoms with E-state index in [9.17, 15) is 8.78 Å². The van der Waals surface area contributed by atoms with Crippen molar-refractivity contribution < 1.29 is 8.78 Å². The Morgan fingerprint density at radius 3 is 2.85 bits per heavy atom. The SMILES string of the molecule is [N-]=[N+]=NCCc1cc(F)ccc1F. The molecule has 13 heavy (non-hydrogen) atoms. The van der Waals surface area contributed by atoms with E-state index >= 15 is 0 Å². The molecular weight excluding hydrogens is 176 g/mol. The fourth-order valence-electron chi connectivity index (χ4n) is 0.950. The Balaban J connectivity index is 2.75. The van der Waals surface area contributed by atoms with Gasteiger partial charge in [-0.15, -0.1) is 0 Å². The summed E-state index contributed by atoms with van der Waals surface area (Å²) in [6.45, 7) is 0.136. The van der Waals surface area contributed by atoms with Crippen LogP contribution in [0, 0.1) is 11.6 Å². The minimum atomic E-state index is -0.489. The lowest BCUT2D eigenvalue weighted by Gasteiger charge is -1.99. The van der Waals surface area contributed by atoms with Gasteiger partial charge in [0.15, 0.2) is 0 Å². The second kappa shape index (κ2) is 4.42. The molecule has 1 rings (SSSR count). The molecule has 0 bridgehead atoms. The van der Waals surface area contributed by atoms with Gasteiger partial charge in [0.05, 0.1) is 0 Å². The van der Waals surface area contributed by atoms with Crippen LogP contribution in [0.5, 0.6) is 0 Å². The van der Waals surface area contributed by atoms with E-state index < -0.39 is 11.6 Å². The summed E-state index contributed by atoms with van der Waals surface area (Å²) < 4.78 is 25.5. The first-order chi connectivity index (χ1) is 6.24. The molecule has 0 heterocycles. The molecule has 1 aromatic rings. The third kappa shape index (κ3) is 2.72. The van der Waals surface area contributed by atoms with Gasteiger partial charge in [0, 0.05) is 11.5 Å². The number of benzene rings is 1. The molecule has 0 atom stereocenters. The molecule has 0 aliphatic rings. The number of halogens is 2. The van der Waals surface area contributed by atoms with E-state index in [1.807, 2.05) is 0 Å². The zero-order chi connectivity index (χ0) is 9.68. The van der Waals surface area contributed by atoms with Crippen LogP contribution >= 0.6 is 0 Å². The van der Waals surface area contributed by atoms with Crippen molar-refractivity contribution in [2.75, 3.05) is 6.54 Å². The van der Waals surface area contributed by atoms with Gasteiger partial charge in [0.1, 0.15) is 11.6 Å². The van der Waals surface area contributed by atoms with Gasteiger partial charge in [-0.3, -0.25) is 0 Å². The van der Waals surface area contributed by atoms with Crippen molar-refractivity contribution >= 4 is 0 Å². The van der Waals surface area contributed by atoms with Crippen molar-refractivity contribution in [2.45, 2.75) is 6.42 Å². The minimum Gasteiger partial charge on any atom is -0.207 e. The average molecular weight is 183 g/mol. The van der Waals surface area contributed by atoms with Gasteiger partial charge in [0.25, 0.3) is 0 Å². The number of hydrogen-bond acceptors (Lipinski definition) is 1. The topological polar surface area (TPSA) is 48.8 Å². The third-order valence-corrected chi connectivity index (χ3v) is 1.55. The van der Waals surface area contributed by atoms with E-state index in [4.69, 9.17) is 5.53 Å². The lowest BCUT2D eigenvalue weighted by Crippen LogP contribution is -1.94. The zero-order valence-electron chi connectivity index (χ0n) is 6.74. The molecule has 0 spiro atoms. The number of azide groups is 1. The Kier molecular flexibility index (Phi) is 3.23. The molecule has 0 N–H and O–H groups in total. The highest BCUT2D eigenvalue weighted by Gasteiger charge is 2.02. The first kappa shape index (κ1) is 9.48. The molecule has 0 radical (unpaired) electrons. The van der Waals surface area contributed by atoms with Crippen molar-refractivity contribution in [3.63, 3.8) is 0 Å². The molecule has 0 amide bonds. The summed E-state index contributed by atoms with van der Waals surface area (Å²) in [5.74, 6) is -0.966. The normalized spacial score (nSPS) is 9.38. The molecule has 5 heteroatoms. The fraction of sp³-hybridized carbons (Fsp3) is 0.250. The van der Waals surface area contributed by atoms with Gasteiger partial charge in [-0.05, 0) is 35.7 Å². The number of hydrogen-bond donors (Lipinski definition) is 0. The summed E-state index contributed by atoms with van der Waals surface area (Å²) in [4.78, 5) is 2.51. The van der Waals surface area contributed by atoms with E-state index in [0.29, 0.717) is 0 Å². The van der Waals surface area contributed by atoms with Crippen LogP contribution in [0.3, 0.4) is 0 Å². The average Bonchev–Trinajstić information content (AvgIpc) is 2.11. The van der Waals surface area contributed by atoms with Crippen LogP contribution in [0.4, 0.5) is 8.78 Å². The van der Waals surface area contributed by atoms with Crippen molar-refractivity contribution in [2.24, 2.45) is 5.11 Å². The smallest absolute Gasteiger partial charge is 0.126 e. The highest BCUT2D eigenvalue weighted by molar-refractivity contribution is 5.18. The lowest BCUT2D eigenvalue weighted by atomic mass is 10.1. The van der Waals surface area contributed by atoms with Gasteiger partial charge in [-0.2, -0.15) is 0 Å². The molecule has 68 valence electrons. The minimum absolute atomic E-state index is 0.136. The predicted octanol–water partition coefficient (Wildman–Crippen LogP) is 2.82. The molecule has 0 saturated heterocycles. The van der Waals surface area contributed by atoms with E-state index in [1.165, 1.54) is 0 Å². The van der Waals surface area contributed by atoms with E-state index in [1.54, 1.807) is 0 Å². The molecule has 0 aromatic heterocycles. The molecular formula is C8H7F2N3. The van der Waals surface area contributed by atoms with Gasteiger partial charge >= 0.3 is 0 Å². The van der Waals surface area contributed by atoms with Gasteiger partial charge in [0.2, 0.25) is 0 Å². The maximum absolute atomic E-state index is 12.9. The lowest BCUT2D eigenvalue weighted by molar-refractivity contribution is 0.585. The second-order valence-corrected chi connectivity index (χ2v) is 2.44. The highest BCUT2D eigenvalue weighted by Crippen LogP contribution is 2.10. The maximum atomic E-state index is 12.9. The molecule has 0 aliphatic heterocycles. The van der Waals surface area contributed by atoms with E-state index in [-0.39, 0.29) is 18.5 Å². The first-order valence-electron chi connectivity index (χ1n) is 3.69. The van der Waals surface area contributed by atoms with Crippen molar-refractivity contribution in [3.05, 3.63) is 45.8 Å². The van der Waals surface area contributed by atoms with Crippen LogP contribution in [-0.2, 0) is 6.42 Å². The summed E-state index contributed by atoms with van der Waals surface area (Å²) in [6, 6.07) is 3.20. The molecule has 0 unspecified atom stereocenters. The Labute approximate surface area is 73.6 Å². The first-order valence-corrected chi connectivity index (χ1v) is 3.69. The number of rotatable bonds is 3. The largest absolute Gasteiger partial charge is 0.207 e. The van der Waals surface area contributed by atoms with Crippen LogP contribution in [0.15, 0.2) is 23.3 Å². The Hall–Kier alpha value is -1.61. The zero-order valence-corrected chi connectivity index (χ0v) is 6.74. The van der Waals surface area contributed by atoms with Crippen molar-refractivity contribution in [1.29, 1.82) is 0 Å². The van der Waals surface area contributed by atoms with Crippen LogP contribution in [0.1, 0.15) is 5.56 Å². The Morgan fingerprint density at radius 1 is 1.38 bits per heavy atom. The Bertz CT molecular complexity index is 345. The van der Waals surface area contributed by atoms with E-state index in [0.717, 1.165) is 18.2 Å². The molecule has 0 saturated carbocycles. The predicted molar refractivity (Wildman–Crippen MR) is 44.1 cm³/mol. The second-order valence-electron chi connectivity index (χ2n) is 2.44. The highest BCUT2D eigenvalue weighted by atomic mass is 19.1. The summed E-state index contributed by atoms with van der Waals surface area (Å²) in [7, 11) is 0. The van der Waals surface area contributed by atoms with Gasteiger partial charge in [-0.1, -0.05) is 5.11 Å². The number of nitrogens with zero attached hydrogens (tertiary/aromatic N) is 3. The molecule has 3 nitrogen and oxygen atoms in total. The van der Waals surface area contributed by atoms with Gasteiger partial charge in [-0.25, -0.2) is 8.78 Å². The van der Waals surface area contributed by atoms with Gasteiger partial charge < -0.3 is 0 Å². The van der Waals surface area contributed by atoms with Crippen molar-refractivity contribution in [3.8, 4) is 0 Å². The van der Waals surface area contributed by atoms with Crippen LogP contribution in [-0.4, -0.2) is 6.54 Å².